The van der Waals surface area contributed by atoms with Crippen LogP contribution in [0.1, 0.15) is 62.6 Å². The van der Waals surface area contributed by atoms with E-state index in [1.54, 1.807) is 0 Å². The third-order valence-corrected chi connectivity index (χ3v) is 5.35. The number of carboxylic acid groups (broad SMARTS) is 1. The lowest BCUT2D eigenvalue weighted by atomic mass is 9.69. The van der Waals surface area contributed by atoms with Crippen molar-refractivity contribution in [2.75, 3.05) is 0 Å². The largest absolute Gasteiger partial charge is 0.481 e. The van der Waals surface area contributed by atoms with Gasteiger partial charge in [0.1, 0.15) is 0 Å². The van der Waals surface area contributed by atoms with Gasteiger partial charge in [0.15, 0.2) is 0 Å². The van der Waals surface area contributed by atoms with Crippen LogP contribution in [-0.2, 0) is 23.3 Å². The third-order valence-electron chi connectivity index (χ3n) is 5.35. The smallest absolute Gasteiger partial charge is 0.314 e. The molecule has 1 aliphatic heterocycles. The van der Waals surface area contributed by atoms with Gasteiger partial charge in [0.25, 0.3) is 0 Å². The molecule has 1 fully saturated rings. The molecule has 0 saturated heterocycles. The molecular weight excluding hydrogens is 262 g/mol. The minimum Gasteiger partial charge on any atom is -0.481 e. The van der Waals surface area contributed by atoms with Gasteiger partial charge in [-0.1, -0.05) is 37.5 Å². The first-order valence-corrected chi connectivity index (χ1v) is 8.13. The topological polar surface area (TPSA) is 40.5 Å². The van der Waals surface area contributed by atoms with Gasteiger partial charge in [0.2, 0.25) is 0 Å². The summed E-state index contributed by atoms with van der Waals surface area (Å²) in [4.78, 5) is 14.4. The van der Waals surface area contributed by atoms with E-state index >= 15 is 0 Å². The lowest BCUT2D eigenvalue weighted by Crippen LogP contribution is -2.37. The van der Waals surface area contributed by atoms with Crippen LogP contribution in [0.2, 0.25) is 0 Å². The van der Waals surface area contributed by atoms with Crippen molar-refractivity contribution in [3.8, 4) is 0 Å². The van der Waals surface area contributed by atoms with Gasteiger partial charge in [-0.05, 0) is 43.4 Å². The molecule has 0 amide bonds. The zero-order chi connectivity index (χ0) is 15.0. The van der Waals surface area contributed by atoms with E-state index in [4.69, 9.17) is 0 Å². The zero-order valence-corrected chi connectivity index (χ0v) is 13.1. The van der Waals surface area contributed by atoms with E-state index in [9.17, 15) is 9.90 Å². The number of hydrogen-bond donors (Lipinski definition) is 1. The number of carboxylic acids is 1. The fraction of sp³-hybridized carbons (Fsp3) is 0.611. The van der Waals surface area contributed by atoms with Crippen molar-refractivity contribution in [2.45, 2.75) is 70.5 Å². The van der Waals surface area contributed by atoms with Gasteiger partial charge < -0.3 is 5.11 Å². The molecule has 3 heteroatoms. The normalized spacial score (nSPS) is 21.5. The van der Waals surface area contributed by atoms with Crippen molar-refractivity contribution < 1.29 is 9.90 Å². The van der Waals surface area contributed by atoms with Gasteiger partial charge in [-0.25, -0.2) is 0 Å². The Labute approximate surface area is 127 Å². The second-order valence-corrected chi connectivity index (χ2v) is 6.93. The maximum Gasteiger partial charge on any atom is 0.314 e. The van der Waals surface area contributed by atoms with E-state index < -0.39 is 11.4 Å². The van der Waals surface area contributed by atoms with Crippen molar-refractivity contribution >= 4 is 5.97 Å². The second kappa shape index (κ2) is 5.45. The number of aliphatic carboxylic acids is 1. The third kappa shape index (κ3) is 2.48. The molecule has 114 valence electrons. The molecule has 21 heavy (non-hydrogen) atoms. The molecule has 0 bridgehead atoms. The molecule has 0 aromatic heterocycles. The summed E-state index contributed by atoms with van der Waals surface area (Å²) < 4.78 is 0. The number of carbonyl (C=O) groups is 1. The van der Waals surface area contributed by atoms with Crippen molar-refractivity contribution in [3.63, 3.8) is 0 Å². The monoisotopic (exact) mass is 287 g/mol. The van der Waals surface area contributed by atoms with Crippen LogP contribution in [0.4, 0.5) is 0 Å². The lowest BCUT2D eigenvalue weighted by molar-refractivity contribution is -0.145. The maximum atomic E-state index is 11.9. The average molecular weight is 287 g/mol. The van der Waals surface area contributed by atoms with Crippen molar-refractivity contribution in [2.24, 2.45) is 0 Å². The standard InChI is InChI=1S/C18H25NO2/c1-13(2)19-11-14-6-7-16(10-15(14)12-19)18(17(20)21)8-4-3-5-9-18/h6-7,10,13H,3-5,8-9,11-12H2,1-2H3,(H,20,21). The van der Waals surface area contributed by atoms with Crippen molar-refractivity contribution in [1.82, 2.24) is 4.90 Å². The molecule has 0 atom stereocenters. The average Bonchev–Trinajstić information content (AvgIpc) is 2.91. The Morgan fingerprint density at radius 2 is 1.81 bits per heavy atom. The van der Waals surface area contributed by atoms with Crippen LogP contribution in [-0.4, -0.2) is 22.0 Å². The number of nitrogens with zero attached hydrogens (tertiary/aromatic N) is 1. The number of rotatable bonds is 3. The molecule has 1 aromatic rings. The molecule has 1 heterocycles. The van der Waals surface area contributed by atoms with Crippen molar-refractivity contribution in [3.05, 3.63) is 34.9 Å². The van der Waals surface area contributed by atoms with Gasteiger partial charge in [0.05, 0.1) is 5.41 Å². The first-order valence-electron chi connectivity index (χ1n) is 8.13. The van der Waals surface area contributed by atoms with Crippen LogP contribution in [0.5, 0.6) is 0 Å². The highest BCUT2D eigenvalue weighted by molar-refractivity contribution is 5.81. The van der Waals surface area contributed by atoms with Crippen LogP contribution in [0.15, 0.2) is 18.2 Å². The first-order chi connectivity index (χ1) is 10.0. The Morgan fingerprint density at radius 1 is 1.14 bits per heavy atom. The van der Waals surface area contributed by atoms with E-state index in [-0.39, 0.29) is 0 Å². The summed E-state index contributed by atoms with van der Waals surface area (Å²) in [6.07, 6.45) is 4.80. The molecule has 1 saturated carbocycles. The molecule has 3 nitrogen and oxygen atoms in total. The Hall–Kier alpha value is -1.35. The van der Waals surface area contributed by atoms with E-state index in [0.29, 0.717) is 6.04 Å². The Balaban J connectivity index is 1.94. The Morgan fingerprint density at radius 3 is 2.43 bits per heavy atom. The van der Waals surface area contributed by atoms with Gasteiger partial charge in [-0.15, -0.1) is 0 Å². The summed E-state index contributed by atoms with van der Waals surface area (Å²) >= 11 is 0. The van der Waals surface area contributed by atoms with E-state index in [1.165, 1.54) is 17.5 Å². The van der Waals surface area contributed by atoms with Crippen LogP contribution in [0, 0.1) is 0 Å². The van der Waals surface area contributed by atoms with Crippen LogP contribution < -0.4 is 0 Å². The second-order valence-electron chi connectivity index (χ2n) is 6.93. The highest BCUT2D eigenvalue weighted by Gasteiger charge is 2.41. The first kappa shape index (κ1) is 14.6. The molecule has 0 spiro atoms. The van der Waals surface area contributed by atoms with E-state index in [2.05, 4.69) is 36.9 Å². The fourth-order valence-electron chi connectivity index (χ4n) is 3.87. The summed E-state index contributed by atoms with van der Waals surface area (Å²) in [5, 5.41) is 9.82. The molecule has 3 rings (SSSR count). The molecule has 0 radical (unpaired) electrons. The van der Waals surface area contributed by atoms with Gasteiger partial charge in [-0.3, -0.25) is 9.69 Å². The molecule has 1 aliphatic carbocycles. The minimum atomic E-state index is -0.640. The highest BCUT2D eigenvalue weighted by Crippen LogP contribution is 2.41. The quantitative estimate of drug-likeness (QED) is 0.921. The zero-order valence-electron chi connectivity index (χ0n) is 13.1. The maximum absolute atomic E-state index is 11.9. The SMILES string of the molecule is CC(C)N1Cc2ccc(C3(C(=O)O)CCCCC3)cc2C1. The molecular formula is C18H25NO2. The number of benzene rings is 1. The summed E-state index contributed by atoms with van der Waals surface area (Å²) in [6.45, 7) is 6.38. The van der Waals surface area contributed by atoms with E-state index in [1.807, 2.05) is 0 Å². The summed E-state index contributed by atoms with van der Waals surface area (Å²) in [6, 6.07) is 6.94. The Kier molecular flexibility index (Phi) is 3.78. The van der Waals surface area contributed by atoms with Crippen molar-refractivity contribution in [1.29, 1.82) is 0 Å². The lowest BCUT2D eigenvalue weighted by Gasteiger charge is -2.34. The Bertz CT molecular complexity index is 544. The van der Waals surface area contributed by atoms with Crippen LogP contribution in [0.25, 0.3) is 0 Å². The summed E-state index contributed by atoms with van der Waals surface area (Å²) in [5.41, 5.74) is 3.08. The van der Waals surface area contributed by atoms with E-state index in [0.717, 1.165) is 44.3 Å². The predicted molar refractivity (Wildman–Crippen MR) is 83.2 cm³/mol. The highest BCUT2D eigenvalue weighted by atomic mass is 16.4. The minimum absolute atomic E-state index is 0.531. The van der Waals surface area contributed by atoms with Crippen LogP contribution >= 0.6 is 0 Å². The summed E-state index contributed by atoms with van der Waals surface area (Å²) in [5.74, 6) is -0.638. The number of hydrogen-bond acceptors (Lipinski definition) is 2. The molecule has 1 aromatic carbocycles. The molecule has 2 aliphatic rings. The fourth-order valence-corrected chi connectivity index (χ4v) is 3.87. The number of fused-ring (bicyclic) bond motifs is 1. The van der Waals surface area contributed by atoms with Gasteiger partial charge in [-0.2, -0.15) is 0 Å². The van der Waals surface area contributed by atoms with Gasteiger partial charge in [0, 0.05) is 19.1 Å². The predicted octanol–water partition coefficient (Wildman–Crippen LogP) is 3.70. The molecule has 1 N–H and O–H groups in total. The van der Waals surface area contributed by atoms with Gasteiger partial charge >= 0.3 is 5.97 Å². The van der Waals surface area contributed by atoms with Crippen LogP contribution in [0.3, 0.4) is 0 Å². The summed E-state index contributed by atoms with van der Waals surface area (Å²) in [7, 11) is 0. The molecule has 0 unspecified atom stereocenters.